The molecular weight excluding hydrogens is 723 g/mol. The van der Waals surface area contributed by atoms with Crippen LogP contribution in [-0.2, 0) is 25.9 Å². The number of esters is 1. The first-order valence-corrected chi connectivity index (χ1v) is 19.4. The van der Waals surface area contributed by atoms with Crippen molar-refractivity contribution in [3.8, 4) is 11.5 Å². The van der Waals surface area contributed by atoms with Gasteiger partial charge in [-0.2, -0.15) is 8.78 Å². The molecule has 16 heteroatoms. The lowest BCUT2D eigenvalue weighted by Gasteiger charge is -2.31. The number of halogens is 4. The number of benzene rings is 2. The molecule has 5 rings (SSSR count). The highest BCUT2D eigenvalue weighted by molar-refractivity contribution is 7.99. The van der Waals surface area contributed by atoms with Gasteiger partial charge in [0, 0.05) is 49.9 Å². The highest BCUT2D eigenvalue weighted by Gasteiger charge is 2.28. The van der Waals surface area contributed by atoms with Crippen LogP contribution in [0.2, 0.25) is 10.0 Å². The zero-order valence-electron chi connectivity index (χ0n) is 26.9. The van der Waals surface area contributed by atoms with E-state index in [-0.39, 0.29) is 40.1 Å². The second-order valence-corrected chi connectivity index (χ2v) is 15.3. The highest BCUT2D eigenvalue weighted by Crippen LogP contribution is 2.39. The van der Waals surface area contributed by atoms with Gasteiger partial charge in [-0.1, -0.05) is 29.3 Å². The summed E-state index contributed by atoms with van der Waals surface area (Å²) in [4.78, 5) is 20.7. The number of anilines is 1. The molecular formula is C33H37Cl2F2N3O7S2. The van der Waals surface area contributed by atoms with Crippen molar-refractivity contribution in [2.24, 2.45) is 5.92 Å². The topological polar surface area (TPSA) is 108 Å². The second-order valence-electron chi connectivity index (χ2n) is 11.7. The van der Waals surface area contributed by atoms with Gasteiger partial charge in [0.2, 0.25) is 10.0 Å². The lowest BCUT2D eigenvalue weighted by Crippen LogP contribution is -2.43. The summed E-state index contributed by atoms with van der Waals surface area (Å²) >= 11 is 14.2. The molecule has 2 aliphatic rings. The third-order valence-corrected chi connectivity index (χ3v) is 10.7. The van der Waals surface area contributed by atoms with E-state index in [1.807, 2.05) is 6.26 Å². The van der Waals surface area contributed by atoms with E-state index >= 15 is 0 Å². The highest BCUT2D eigenvalue weighted by atomic mass is 35.5. The van der Waals surface area contributed by atoms with Gasteiger partial charge in [0.05, 0.1) is 47.4 Å². The average Bonchev–Trinajstić information content (AvgIpc) is 3.90. The van der Waals surface area contributed by atoms with Gasteiger partial charge in [0.25, 0.3) is 0 Å². The summed E-state index contributed by atoms with van der Waals surface area (Å²) in [7, 11) is -3.74. The van der Waals surface area contributed by atoms with E-state index in [0.29, 0.717) is 67.1 Å². The minimum atomic E-state index is -3.74. The minimum Gasteiger partial charge on any atom is -0.489 e. The van der Waals surface area contributed by atoms with Gasteiger partial charge in [-0.25, -0.2) is 13.2 Å². The number of carbonyl (C=O) groups is 1. The zero-order valence-corrected chi connectivity index (χ0v) is 30.1. The predicted molar refractivity (Wildman–Crippen MR) is 185 cm³/mol. The number of thioether (sulfide) groups is 1. The fourth-order valence-electron chi connectivity index (χ4n) is 5.30. The second kappa shape index (κ2) is 16.9. The summed E-state index contributed by atoms with van der Waals surface area (Å²) in [6.07, 6.45) is 6.71. The average molecular weight is 761 g/mol. The first-order chi connectivity index (χ1) is 23.4. The number of rotatable bonds is 16. The first kappa shape index (κ1) is 37.4. The normalized spacial score (nSPS) is 16.0. The molecule has 0 N–H and O–H groups in total. The van der Waals surface area contributed by atoms with Crippen LogP contribution in [0, 0.1) is 5.92 Å². The number of aromatic nitrogens is 1. The van der Waals surface area contributed by atoms with Gasteiger partial charge < -0.3 is 18.9 Å². The molecule has 1 saturated heterocycles. The molecule has 1 aromatic heterocycles. The van der Waals surface area contributed by atoms with E-state index in [2.05, 4.69) is 9.88 Å². The molecule has 3 aromatic rings. The maximum atomic E-state index is 13.9. The Kier molecular flexibility index (Phi) is 12.9. The van der Waals surface area contributed by atoms with Gasteiger partial charge in [-0.3, -0.25) is 14.2 Å². The molecule has 2 fully saturated rings. The van der Waals surface area contributed by atoms with Gasteiger partial charge >= 0.3 is 12.6 Å². The molecule has 49 heavy (non-hydrogen) atoms. The number of nitrogens with zero attached hydrogens (tertiary/aromatic N) is 3. The maximum Gasteiger partial charge on any atom is 0.387 e. The van der Waals surface area contributed by atoms with E-state index in [1.165, 1.54) is 52.7 Å². The van der Waals surface area contributed by atoms with Crippen molar-refractivity contribution in [2.75, 3.05) is 62.8 Å². The predicted octanol–water partition coefficient (Wildman–Crippen LogP) is 6.74. The van der Waals surface area contributed by atoms with E-state index in [0.717, 1.165) is 19.1 Å². The molecule has 0 radical (unpaired) electrons. The Morgan fingerprint density at radius 3 is 2.45 bits per heavy atom. The third-order valence-electron chi connectivity index (χ3n) is 8.12. The number of sulfonamides is 1. The number of alkyl halides is 2. The van der Waals surface area contributed by atoms with Gasteiger partial charge in [-0.05, 0) is 66.5 Å². The van der Waals surface area contributed by atoms with Crippen molar-refractivity contribution >= 4 is 56.6 Å². The Bertz CT molecular complexity index is 1710. The smallest absolute Gasteiger partial charge is 0.387 e. The number of ether oxygens (including phenoxy) is 4. The molecule has 1 atom stereocenters. The van der Waals surface area contributed by atoms with Crippen molar-refractivity contribution in [3.05, 3.63) is 75.5 Å². The monoisotopic (exact) mass is 759 g/mol. The van der Waals surface area contributed by atoms with Crippen LogP contribution in [0.3, 0.4) is 0 Å². The van der Waals surface area contributed by atoms with E-state index in [9.17, 15) is 22.0 Å². The fraction of sp³-hybridized carbons (Fsp3) is 0.455. The van der Waals surface area contributed by atoms with Crippen LogP contribution in [-0.4, -0.2) is 89.4 Å². The van der Waals surface area contributed by atoms with Crippen LogP contribution in [0.4, 0.5) is 14.5 Å². The van der Waals surface area contributed by atoms with Crippen molar-refractivity contribution in [3.63, 3.8) is 0 Å². The van der Waals surface area contributed by atoms with Crippen LogP contribution in [0.15, 0.2) is 53.7 Å². The van der Waals surface area contributed by atoms with Crippen molar-refractivity contribution < 1.29 is 40.9 Å². The summed E-state index contributed by atoms with van der Waals surface area (Å²) in [6.45, 7) is 0.420. The van der Waals surface area contributed by atoms with Gasteiger partial charge in [0.1, 0.15) is 6.10 Å². The molecule has 10 nitrogen and oxygen atoms in total. The lowest BCUT2D eigenvalue weighted by molar-refractivity contribution is -0.0515. The van der Waals surface area contributed by atoms with E-state index < -0.39 is 28.7 Å². The molecule has 0 bridgehead atoms. The van der Waals surface area contributed by atoms with Crippen LogP contribution in [0.1, 0.15) is 40.4 Å². The van der Waals surface area contributed by atoms with Crippen molar-refractivity contribution in [1.29, 1.82) is 0 Å². The summed E-state index contributed by atoms with van der Waals surface area (Å²) in [6, 6.07) is 9.08. The quantitative estimate of drug-likeness (QED) is 0.115. The summed E-state index contributed by atoms with van der Waals surface area (Å²) in [5, 5.41) is 0.485. The standard InChI is InChI=1S/C33H37Cl2F2N3O7S2/c1-48-31-8-6-23(15-27(31)40(49(2,42)43)10-9-39-11-13-44-14-12-39)32(41)46-29(17-24-25(34)18-38-19-26(24)35)22-5-7-28(47-33(36)37)30(16-22)45-20-21-3-4-21/h5-8,15-16,18-19,21,29,33H,3-4,9-14,17,20H2,1-2H3. The van der Waals surface area contributed by atoms with Gasteiger partial charge in [-0.15, -0.1) is 11.8 Å². The van der Waals surface area contributed by atoms with Crippen molar-refractivity contribution in [1.82, 2.24) is 9.88 Å². The number of pyridine rings is 1. The third kappa shape index (κ3) is 10.3. The number of hydrogen-bond donors (Lipinski definition) is 0. The fourth-order valence-corrected chi connectivity index (χ4v) is 7.38. The Balaban J connectivity index is 1.47. The summed E-state index contributed by atoms with van der Waals surface area (Å²) in [5.41, 5.74) is 1.31. The maximum absolute atomic E-state index is 13.9. The molecule has 2 heterocycles. The largest absolute Gasteiger partial charge is 0.489 e. The van der Waals surface area contributed by atoms with Crippen LogP contribution < -0.4 is 13.8 Å². The summed E-state index contributed by atoms with van der Waals surface area (Å²) < 4.78 is 76.0. The molecule has 1 aliphatic carbocycles. The van der Waals surface area contributed by atoms with Gasteiger partial charge in [0.15, 0.2) is 11.5 Å². The van der Waals surface area contributed by atoms with E-state index in [1.54, 1.807) is 12.1 Å². The number of morpholine rings is 1. The molecule has 1 saturated carbocycles. The molecule has 1 unspecified atom stereocenters. The molecule has 0 amide bonds. The minimum absolute atomic E-state index is 0.00775. The Morgan fingerprint density at radius 2 is 1.82 bits per heavy atom. The lowest BCUT2D eigenvalue weighted by atomic mass is 10.0. The number of hydrogen-bond acceptors (Lipinski definition) is 10. The Morgan fingerprint density at radius 1 is 1.10 bits per heavy atom. The van der Waals surface area contributed by atoms with E-state index in [4.69, 9.17) is 42.1 Å². The van der Waals surface area contributed by atoms with Crippen LogP contribution in [0.5, 0.6) is 11.5 Å². The molecule has 266 valence electrons. The summed E-state index contributed by atoms with van der Waals surface area (Å²) in [5.74, 6) is -0.506. The van der Waals surface area contributed by atoms with Crippen LogP contribution >= 0.6 is 35.0 Å². The SMILES string of the molecule is CSc1ccc(C(=O)OC(Cc2c(Cl)cncc2Cl)c2ccc(OC(F)F)c(OCC3CC3)c2)cc1N(CCN1CCOCC1)S(C)(=O)=O. The first-order valence-electron chi connectivity index (χ1n) is 15.6. The Hall–Kier alpha value is -2.88. The molecule has 2 aromatic carbocycles. The molecule has 1 aliphatic heterocycles. The Labute approximate surface area is 299 Å². The van der Waals surface area contributed by atoms with Crippen LogP contribution in [0.25, 0.3) is 0 Å². The molecule has 0 spiro atoms. The zero-order chi connectivity index (χ0) is 35.1. The van der Waals surface area contributed by atoms with Crippen molar-refractivity contribution in [2.45, 2.75) is 36.9 Å². The number of carbonyl (C=O) groups excluding carboxylic acids is 1.